The van der Waals surface area contributed by atoms with Gasteiger partial charge in [0.25, 0.3) is 0 Å². The average molecular weight is 261 g/mol. The molecule has 0 aromatic heterocycles. The van der Waals surface area contributed by atoms with E-state index in [0.29, 0.717) is 5.96 Å². The quantitative estimate of drug-likeness (QED) is 0.647. The molecule has 4 nitrogen and oxygen atoms in total. The number of para-hydroxylation sites is 1. The number of nitrogens with one attached hydrogen (secondary N) is 1. The van der Waals surface area contributed by atoms with Gasteiger partial charge in [-0.15, -0.1) is 0 Å². The van der Waals surface area contributed by atoms with E-state index in [0.717, 1.165) is 18.7 Å². The van der Waals surface area contributed by atoms with Crippen LogP contribution in [0.1, 0.15) is 27.2 Å². The van der Waals surface area contributed by atoms with Crippen molar-refractivity contribution in [3.05, 3.63) is 30.3 Å². The summed E-state index contributed by atoms with van der Waals surface area (Å²) in [5.41, 5.74) is 6.97. The summed E-state index contributed by atoms with van der Waals surface area (Å²) in [6, 6.07) is 10.1. The summed E-state index contributed by atoms with van der Waals surface area (Å²) in [4.78, 5) is 4.57. The van der Waals surface area contributed by atoms with Crippen LogP contribution in [0.15, 0.2) is 35.3 Å². The Hall–Kier alpha value is -1.55. The lowest BCUT2D eigenvalue weighted by atomic mass is 9.65. The Balaban J connectivity index is 1.95. The summed E-state index contributed by atoms with van der Waals surface area (Å²) < 4.78 is 5.69. The van der Waals surface area contributed by atoms with E-state index >= 15 is 0 Å². The van der Waals surface area contributed by atoms with Gasteiger partial charge in [-0.3, -0.25) is 0 Å². The molecule has 1 aliphatic carbocycles. The normalized spacial score (nSPS) is 25.7. The van der Waals surface area contributed by atoms with Crippen LogP contribution in [0.25, 0.3) is 0 Å². The van der Waals surface area contributed by atoms with Gasteiger partial charge >= 0.3 is 0 Å². The second kappa shape index (κ2) is 5.61. The first kappa shape index (κ1) is 13.9. The molecule has 0 radical (unpaired) electrons. The van der Waals surface area contributed by atoms with Crippen LogP contribution in [0.3, 0.4) is 0 Å². The van der Waals surface area contributed by atoms with Crippen molar-refractivity contribution >= 4 is 11.6 Å². The number of nitrogens with two attached hydrogens (primary N) is 1. The number of aliphatic imine (C=N–C) groups is 1. The topological polar surface area (TPSA) is 59.6 Å². The van der Waals surface area contributed by atoms with E-state index in [1.165, 1.54) is 0 Å². The van der Waals surface area contributed by atoms with Gasteiger partial charge in [0, 0.05) is 17.7 Å². The molecule has 0 bridgehead atoms. The average Bonchev–Trinajstić information content (AvgIpc) is 2.39. The van der Waals surface area contributed by atoms with Crippen LogP contribution in [0.2, 0.25) is 0 Å². The zero-order valence-electron chi connectivity index (χ0n) is 11.9. The summed E-state index contributed by atoms with van der Waals surface area (Å²) in [5, 5.41) is 3.11. The Kier molecular flexibility index (Phi) is 4.10. The smallest absolute Gasteiger partial charge is 0.193 e. The maximum absolute atomic E-state index is 5.95. The fourth-order valence-electron chi connectivity index (χ4n) is 2.44. The number of hydrogen-bond donors (Lipinski definition) is 2. The molecule has 4 heteroatoms. The van der Waals surface area contributed by atoms with Gasteiger partial charge in [0.2, 0.25) is 0 Å². The Bertz CT molecular complexity index is 442. The number of ether oxygens (including phenoxy) is 1. The zero-order chi connectivity index (χ0) is 13.9. The van der Waals surface area contributed by atoms with Gasteiger partial charge in [0.15, 0.2) is 5.96 Å². The van der Waals surface area contributed by atoms with Gasteiger partial charge in [-0.2, -0.15) is 0 Å². The van der Waals surface area contributed by atoms with Gasteiger partial charge in [0.1, 0.15) is 0 Å². The van der Waals surface area contributed by atoms with Crippen molar-refractivity contribution in [2.75, 3.05) is 11.9 Å². The molecule has 2 unspecified atom stereocenters. The zero-order valence-corrected chi connectivity index (χ0v) is 11.9. The number of guanidine groups is 1. The van der Waals surface area contributed by atoms with Crippen molar-refractivity contribution in [3.63, 3.8) is 0 Å². The maximum atomic E-state index is 5.95. The fraction of sp³-hybridized carbons (Fsp3) is 0.533. The fourth-order valence-corrected chi connectivity index (χ4v) is 2.44. The predicted octanol–water partition coefficient (Wildman–Crippen LogP) is 2.62. The molecule has 1 aromatic rings. The third-order valence-electron chi connectivity index (χ3n) is 3.83. The van der Waals surface area contributed by atoms with Crippen LogP contribution < -0.4 is 11.1 Å². The second-order valence-electron chi connectivity index (χ2n) is 5.52. The Morgan fingerprint density at radius 2 is 2.11 bits per heavy atom. The summed E-state index contributed by atoms with van der Waals surface area (Å²) in [7, 11) is 0. The lowest BCUT2D eigenvalue weighted by molar-refractivity contribution is -0.103. The first-order chi connectivity index (χ1) is 9.04. The van der Waals surface area contributed by atoms with Gasteiger partial charge in [-0.05, 0) is 25.5 Å². The third kappa shape index (κ3) is 3.07. The molecule has 0 amide bonds. The molecule has 2 rings (SSSR count). The maximum Gasteiger partial charge on any atom is 0.193 e. The number of rotatable bonds is 4. The minimum atomic E-state index is 0.0546. The molecule has 0 spiro atoms. The Morgan fingerprint density at radius 3 is 2.68 bits per heavy atom. The molecule has 3 N–H and O–H groups in total. The second-order valence-corrected chi connectivity index (χ2v) is 5.52. The van der Waals surface area contributed by atoms with E-state index in [9.17, 15) is 0 Å². The highest BCUT2D eigenvalue weighted by atomic mass is 16.5. The molecule has 0 saturated heterocycles. The van der Waals surface area contributed by atoms with Crippen molar-refractivity contribution in [1.82, 2.24) is 0 Å². The monoisotopic (exact) mass is 261 g/mol. The van der Waals surface area contributed by atoms with Crippen LogP contribution in [-0.2, 0) is 4.74 Å². The van der Waals surface area contributed by atoms with Crippen LogP contribution in [-0.4, -0.2) is 24.7 Å². The summed E-state index contributed by atoms with van der Waals surface area (Å²) in [6.07, 6.45) is 1.23. The first-order valence-electron chi connectivity index (χ1n) is 6.81. The van der Waals surface area contributed by atoms with Crippen LogP contribution in [0.4, 0.5) is 5.69 Å². The highest BCUT2D eigenvalue weighted by molar-refractivity contribution is 5.92. The molecule has 0 heterocycles. The molecule has 1 aromatic carbocycles. The van der Waals surface area contributed by atoms with Crippen molar-refractivity contribution in [1.29, 1.82) is 0 Å². The third-order valence-corrected chi connectivity index (χ3v) is 3.83. The van der Waals surface area contributed by atoms with Crippen molar-refractivity contribution in [3.8, 4) is 0 Å². The lowest BCUT2D eigenvalue weighted by Crippen LogP contribution is -2.54. The molecule has 104 valence electrons. The summed E-state index contributed by atoms with van der Waals surface area (Å²) in [5.74, 6) is 0.472. The minimum Gasteiger partial charge on any atom is -0.378 e. The highest BCUT2D eigenvalue weighted by Crippen LogP contribution is 2.44. The molecule has 0 aliphatic heterocycles. The van der Waals surface area contributed by atoms with E-state index in [-0.39, 0.29) is 17.6 Å². The lowest BCUT2D eigenvalue weighted by Gasteiger charge is -2.49. The number of benzene rings is 1. The van der Waals surface area contributed by atoms with E-state index in [1.54, 1.807) is 0 Å². The predicted molar refractivity (Wildman–Crippen MR) is 79.3 cm³/mol. The SMILES string of the molecule is CCOC1CC(N=C(N)Nc2ccccc2)C1(C)C. The summed E-state index contributed by atoms with van der Waals surface area (Å²) in [6.45, 7) is 7.14. The summed E-state index contributed by atoms with van der Waals surface area (Å²) >= 11 is 0. The molecule has 2 atom stereocenters. The van der Waals surface area contributed by atoms with Crippen LogP contribution >= 0.6 is 0 Å². The van der Waals surface area contributed by atoms with Crippen molar-refractivity contribution in [2.24, 2.45) is 16.1 Å². The molecule has 1 fully saturated rings. The van der Waals surface area contributed by atoms with E-state index in [2.05, 4.69) is 24.2 Å². The number of hydrogen-bond acceptors (Lipinski definition) is 2. The molecular formula is C15H23N3O. The standard InChI is InChI=1S/C15H23N3O/c1-4-19-13-10-12(15(13,2)3)18-14(16)17-11-8-6-5-7-9-11/h5-9,12-13H,4,10H2,1-3H3,(H3,16,17,18). The molecule has 19 heavy (non-hydrogen) atoms. The minimum absolute atomic E-state index is 0.0546. The van der Waals surface area contributed by atoms with Crippen LogP contribution in [0, 0.1) is 5.41 Å². The van der Waals surface area contributed by atoms with Gasteiger partial charge in [-0.25, -0.2) is 4.99 Å². The highest BCUT2D eigenvalue weighted by Gasteiger charge is 2.49. The molecule has 1 saturated carbocycles. The molecule has 1 aliphatic rings. The van der Waals surface area contributed by atoms with E-state index in [4.69, 9.17) is 10.5 Å². The number of nitrogens with zero attached hydrogens (tertiary/aromatic N) is 1. The van der Waals surface area contributed by atoms with Crippen molar-refractivity contribution < 1.29 is 4.74 Å². The first-order valence-corrected chi connectivity index (χ1v) is 6.81. The van der Waals surface area contributed by atoms with Crippen LogP contribution in [0.5, 0.6) is 0 Å². The van der Waals surface area contributed by atoms with E-state index in [1.807, 2.05) is 37.3 Å². The molecular weight excluding hydrogens is 238 g/mol. The van der Waals surface area contributed by atoms with E-state index < -0.39 is 0 Å². The van der Waals surface area contributed by atoms with Gasteiger partial charge < -0.3 is 15.8 Å². The largest absolute Gasteiger partial charge is 0.378 e. The van der Waals surface area contributed by atoms with Gasteiger partial charge in [0.05, 0.1) is 12.1 Å². The van der Waals surface area contributed by atoms with Crippen molar-refractivity contribution in [2.45, 2.75) is 39.3 Å². The Labute approximate surface area is 115 Å². The van der Waals surface area contributed by atoms with Gasteiger partial charge in [-0.1, -0.05) is 32.0 Å². The Morgan fingerprint density at radius 1 is 1.42 bits per heavy atom. The number of anilines is 1.